The number of carbonyl (C=O) groups excluding carboxylic acids is 3. The molecule has 0 aliphatic rings. The summed E-state index contributed by atoms with van der Waals surface area (Å²) in [6.45, 7) is 1.36. The number of amides is 1. The zero-order valence-corrected chi connectivity index (χ0v) is 19.4. The van der Waals surface area contributed by atoms with E-state index in [-0.39, 0.29) is 12.3 Å². The van der Waals surface area contributed by atoms with Gasteiger partial charge in [0.2, 0.25) is 5.91 Å². The Kier molecular flexibility index (Phi) is 7.90. The average Bonchev–Trinajstić information content (AvgIpc) is 3.18. The molecule has 2 N–H and O–H groups in total. The first-order chi connectivity index (χ1) is 15.8. The van der Waals surface area contributed by atoms with E-state index in [1.54, 1.807) is 24.3 Å². The van der Waals surface area contributed by atoms with Gasteiger partial charge in [0.1, 0.15) is 6.04 Å². The van der Waals surface area contributed by atoms with Crippen molar-refractivity contribution in [1.29, 1.82) is 0 Å². The molecule has 0 fully saturated rings. The molecule has 8 heteroatoms. The molecule has 0 bridgehead atoms. The second kappa shape index (κ2) is 10.8. The number of para-hydroxylation sites is 1. The molecule has 1 amide bonds. The molecule has 1 atom stereocenters. The lowest BCUT2D eigenvalue weighted by Crippen LogP contribution is -2.42. The minimum absolute atomic E-state index is 0.269. The van der Waals surface area contributed by atoms with Crippen molar-refractivity contribution < 1.29 is 23.9 Å². The van der Waals surface area contributed by atoms with Crippen molar-refractivity contribution in [3.63, 3.8) is 0 Å². The van der Waals surface area contributed by atoms with Gasteiger partial charge < -0.3 is 19.8 Å². The normalized spacial score (nSPS) is 12.3. The zero-order chi connectivity index (χ0) is 24.0. The fraction of sp³-hybridized carbons (Fsp3) is 0.240. The topological polar surface area (TPSA) is 97.5 Å². The Bertz CT molecular complexity index is 1200. The van der Waals surface area contributed by atoms with Gasteiger partial charge in [-0.1, -0.05) is 48.0 Å². The van der Waals surface area contributed by atoms with Crippen molar-refractivity contribution in [3.05, 3.63) is 77.0 Å². The van der Waals surface area contributed by atoms with Crippen LogP contribution in [-0.2, 0) is 31.9 Å². The fourth-order valence-corrected chi connectivity index (χ4v) is 3.84. The van der Waals surface area contributed by atoms with Crippen molar-refractivity contribution in [2.24, 2.45) is 0 Å². The third-order valence-corrected chi connectivity index (χ3v) is 5.61. The van der Waals surface area contributed by atoms with E-state index in [9.17, 15) is 14.4 Å². The molecule has 0 saturated carbocycles. The van der Waals surface area contributed by atoms with E-state index in [0.717, 1.165) is 27.7 Å². The number of nitrogens with one attached hydrogen (secondary N) is 2. The van der Waals surface area contributed by atoms with Gasteiger partial charge in [-0.15, -0.1) is 0 Å². The van der Waals surface area contributed by atoms with Gasteiger partial charge in [-0.2, -0.15) is 0 Å². The Hall–Kier alpha value is -3.58. The van der Waals surface area contributed by atoms with E-state index in [2.05, 4.69) is 10.3 Å². The molecule has 0 saturated heterocycles. The lowest BCUT2D eigenvalue weighted by atomic mass is 10.0. The number of esters is 2. The van der Waals surface area contributed by atoms with Crippen LogP contribution in [0.1, 0.15) is 34.1 Å². The van der Waals surface area contributed by atoms with Crippen LogP contribution in [0.4, 0.5) is 0 Å². The Labute approximate surface area is 196 Å². The number of halogens is 1. The predicted octanol–water partition coefficient (Wildman–Crippen LogP) is 4.00. The number of aromatic nitrogens is 1. The van der Waals surface area contributed by atoms with Crippen LogP contribution in [0, 0.1) is 0 Å². The van der Waals surface area contributed by atoms with Crippen LogP contribution in [0.5, 0.6) is 0 Å². The Morgan fingerprint density at radius 1 is 1.03 bits per heavy atom. The number of H-pyrrole nitrogens is 1. The highest BCUT2D eigenvalue weighted by Gasteiger charge is 2.24. The van der Waals surface area contributed by atoms with Crippen molar-refractivity contribution >= 4 is 45.4 Å². The van der Waals surface area contributed by atoms with Crippen LogP contribution in [0.25, 0.3) is 15.9 Å². The van der Waals surface area contributed by atoms with Crippen LogP contribution in [0.2, 0.25) is 0 Å². The van der Waals surface area contributed by atoms with E-state index in [4.69, 9.17) is 21.1 Å². The largest absolute Gasteiger partial charge is 0.467 e. The summed E-state index contributed by atoms with van der Waals surface area (Å²) in [4.78, 5) is 38.9. The summed E-state index contributed by atoms with van der Waals surface area (Å²) >= 11 is 6.52. The second-order valence-corrected chi connectivity index (χ2v) is 7.84. The molecule has 0 aliphatic carbocycles. The van der Waals surface area contributed by atoms with E-state index in [1.807, 2.05) is 30.3 Å². The van der Waals surface area contributed by atoms with Gasteiger partial charge in [-0.25, -0.2) is 9.59 Å². The molecule has 0 radical (unpaired) electrons. The fourth-order valence-electron chi connectivity index (χ4n) is 3.64. The molecule has 3 rings (SSSR count). The lowest BCUT2D eigenvalue weighted by molar-refractivity contribution is -0.144. The maximum Gasteiger partial charge on any atom is 0.337 e. The van der Waals surface area contributed by atoms with Gasteiger partial charge in [0.25, 0.3) is 0 Å². The van der Waals surface area contributed by atoms with Gasteiger partial charge in [0, 0.05) is 41.4 Å². The molecule has 1 aromatic heterocycles. The molecule has 2 aromatic carbocycles. The lowest BCUT2D eigenvalue weighted by Gasteiger charge is -2.16. The van der Waals surface area contributed by atoms with Gasteiger partial charge in [0.05, 0.1) is 19.8 Å². The Morgan fingerprint density at radius 3 is 2.33 bits per heavy atom. The zero-order valence-electron chi connectivity index (χ0n) is 18.6. The predicted molar refractivity (Wildman–Crippen MR) is 127 cm³/mol. The van der Waals surface area contributed by atoms with Gasteiger partial charge in [-0.3, -0.25) is 4.79 Å². The van der Waals surface area contributed by atoms with Crippen LogP contribution < -0.4 is 5.32 Å². The molecule has 0 spiro atoms. The molecule has 0 unspecified atom stereocenters. The smallest absolute Gasteiger partial charge is 0.337 e. The van der Waals surface area contributed by atoms with Crippen LogP contribution in [0.3, 0.4) is 0 Å². The van der Waals surface area contributed by atoms with Gasteiger partial charge >= 0.3 is 11.9 Å². The first-order valence-corrected chi connectivity index (χ1v) is 10.7. The first kappa shape index (κ1) is 24.1. The number of hydrogen-bond acceptors (Lipinski definition) is 5. The van der Waals surface area contributed by atoms with Gasteiger partial charge in [-0.05, 0) is 29.3 Å². The number of aromatic amines is 1. The monoisotopic (exact) mass is 468 g/mol. The maximum atomic E-state index is 12.3. The molecular formula is C25H25ClN2O5. The highest BCUT2D eigenvalue weighted by Crippen LogP contribution is 2.27. The average molecular weight is 469 g/mol. The number of hydrogen-bond donors (Lipinski definition) is 2. The number of carbonyl (C=O) groups is 3. The molecule has 3 aromatic rings. The summed E-state index contributed by atoms with van der Waals surface area (Å²) in [6.07, 6.45) is 2.59. The standard InChI is InChI=1S/C25H25ClN2O5/c1-15(29)27-23(25(31)33-3)14-19-18-6-4-5-7-21(18)28-22(19)13-12-20(26)16-8-10-17(11-9-16)24(30)32-2/h4-12,23,28H,13-14H2,1-3H3,(H,27,29)/b20-12+/t23-/m0/s1. The van der Waals surface area contributed by atoms with Crippen LogP contribution in [-0.4, -0.2) is 43.1 Å². The minimum Gasteiger partial charge on any atom is -0.467 e. The highest BCUT2D eigenvalue weighted by molar-refractivity contribution is 6.48. The molecule has 172 valence electrons. The summed E-state index contributed by atoms with van der Waals surface area (Å²) in [5.74, 6) is -1.24. The van der Waals surface area contributed by atoms with Gasteiger partial charge in [0.15, 0.2) is 0 Å². The quantitative estimate of drug-likeness (QED) is 0.487. The van der Waals surface area contributed by atoms with E-state index in [1.165, 1.54) is 21.1 Å². The maximum absolute atomic E-state index is 12.3. The number of rotatable bonds is 8. The minimum atomic E-state index is -0.809. The SMILES string of the molecule is COC(=O)c1ccc(/C(Cl)=C\Cc2[nH]c3ccccc3c2C[C@H](NC(C)=O)C(=O)OC)cc1. The molecule has 0 aliphatic heterocycles. The third kappa shape index (κ3) is 5.81. The van der Waals surface area contributed by atoms with Crippen LogP contribution in [0.15, 0.2) is 54.6 Å². The van der Waals surface area contributed by atoms with Crippen molar-refractivity contribution in [2.75, 3.05) is 14.2 Å². The van der Waals surface area contributed by atoms with Crippen molar-refractivity contribution in [2.45, 2.75) is 25.8 Å². The Balaban J connectivity index is 1.90. The summed E-state index contributed by atoms with van der Waals surface area (Å²) in [5.41, 5.74) is 3.89. The Morgan fingerprint density at radius 2 is 1.70 bits per heavy atom. The van der Waals surface area contributed by atoms with E-state index in [0.29, 0.717) is 17.0 Å². The first-order valence-electron chi connectivity index (χ1n) is 10.3. The third-order valence-electron chi connectivity index (χ3n) is 5.24. The van der Waals surface area contributed by atoms with Crippen molar-refractivity contribution in [1.82, 2.24) is 10.3 Å². The van der Waals surface area contributed by atoms with E-state index < -0.39 is 18.0 Å². The molecule has 7 nitrogen and oxygen atoms in total. The van der Waals surface area contributed by atoms with E-state index >= 15 is 0 Å². The van der Waals surface area contributed by atoms with Crippen molar-refractivity contribution in [3.8, 4) is 0 Å². The number of benzene rings is 2. The number of ether oxygens (including phenoxy) is 2. The number of allylic oxidation sites excluding steroid dienone is 1. The molecule has 33 heavy (non-hydrogen) atoms. The highest BCUT2D eigenvalue weighted by atomic mass is 35.5. The summed E-state index contributed by atoms with van der Waals surface area (Å²) < 4.78 is 9.59. The molecule has 1 heterocycles. The van der Waals surface area contributed by atoms with Crippen LogP contribution >= 0.6 is 11.6 Å². The molecular weight excluding hydrogens is 444 g/mol. The summed E-state index contributed by atoms with van der Waals surface area (Å²) in [7, 11) is 2.62. The second-order valence-electron chi connectivity index (χ2n) is 7.43. The number of fused-ring (bicyclic) bond motifs is 1. The summed E-state index contributed by atoms with van der Waals surface area (Å²) in [6, 6.07) is 13.7. The summed E-state index contributed by atoms with van der Waals surface area (Å²) in [5, 5.41) is 4.14. The number of methoxy groups -OCH3 is 2.